The van der Waals surface area contributed by atoms with Gasteiger partial charge in [-0.25, -0.2) is 4.79 Å². The Bertz CT molecular complexity index is 226. The van der Waals surface area contributed by atoms with Crippen LogP contribution in [0.5, 0.6) is 0 Å². The van der Waals surface area contributed by atoms with E-state index >= 15 is 0 Å². The quantitative estimate of drug-likeness (QED) is 0.512. The van der Waals surface area contributed by atoms with Crippen molar-refractivity contribution in [2.45, 2.75) is 59.0 Å². The fourth-order valence-corrected chi connectivity index (χ4v) is 1.85. The monoisotopic (exact) mass is 227 g/mol. The Kier molecular flexibility index (Phi) is 7.06. The summed E-state index contributed by atoms with van der Waals surface area (Å²) in [6.45, 7) is 13.3. The van der Waals surface area contributed by atoms with E-state index in [0.29, 0.717) is 24.1 Å². The number of carboxylic acids is 1. The highest BCUT2D eigenvalue weighted by Crippen LogP contribution is 2.10. The molecule has 3 heteroatoms. The van der Waals surface area contributed by atoms with Gasteiger partial charge in [-0.3, -0.25) is 4.90 Å². The third kappa shape index (κ3) is 5.91. The summed E-state index contributed by atoms with van der Waals surface area (Å²) in [7, 11) is 0. The lowest BCUT2D eigenvalue weighted by atomic mass is 10.1. The third-order valence-corrected chi connectivity index (χ3v) is 2.77. The second kappa shape index (κ2) is 7.44. The van der Waals surface area contributed by atoms with Crippen molar-refractivity contribution in [1.82, 2.24) is 4.90 Å². The molecule has 0 radical (unpaired) electrons. The van der Waals surface area contributed by atoms with Crippen LogP contribution in [-0.4, -0.2) is 34.6 Å². The average Bonchev–Trinajstić information content (AvgIpc) is 2.15. The predicted molar refractivity (Wildman–Crippen MR) is 67.6 cm³/mol. The fourth-order valence-electron chi connectivity index (χ4n) is 1.85. The molecular weight excluding hydrogens is 202 g/mol. The number of aliphatic carboxylic acids is 1. The van der Waals surface area contributed by atoms with Crippen LogP contribution in [0.2, 0.25) is 0 Å². The number of hydrogen-bond donors (Lipinski definition) is 1. The van der Waals surface area contributed by atoms with Gasteiger partial charge in [-0.05, 0) is 53.5 Å². The van der Waals surface area contributed by atoms with Crippen LogP contribution in [0, 0.1) is 0 Å². The summed E-state index contributed by atoms with van der Waals surface area (Å²) in [5.41, 5.74) is 0.320. The molecule has 0 fully saturated rings. The highest BCUT2D eigenvalue weighted by Gasteiger charge is 2.12. The molecular formula is C13H25NO2. The van der Waals surface area contributed by atoms with Crippen LogP contribution in [0.25, 0.3) is 0 Å². The smallest absolute Gasteiger partial charge is 0.330 e. The molecule has 0 bridgehead atoms. The molecule has 0 rings (SSSR count). The molecule has 0 heterocycles. The van der Waals surface area contributed by atoms with Crippen LogP contribution in [0.3, 0.4) is 0 Å². The van der Waals surface area contributed by atoms with Crippen LogP contribution in [0.1, 0.15) is 47.0 Å². The normalized spacial score (nSPS) is 11.4. The lowest BCUT2D eigenvalue weighted by Crippen LogP contribution is -2.37. The maximum absolute atomic E-state index is 10.5. The van der Waals surface area contributed by atoms with Crippen molar-refractivity contribution in [2.24, 2.45) is 0 Å². The van der Waals surface area contributed by atoms with Crippen LogP contribution < -0.4 is 0 Å². The summed E-state index contributed by atoms with van der Waals surface area (Å²) in [4.78, 5) is 13.0. The third-order valence-electron chi connectivity index (χ3n) is 2.77. The molecule has 0 aliphatic rings. The fraction of sp³-hybridized carbons (Fsp3) is 0.769. The predicted octanol–water partition coefficient (Wildman–Crippen LogP) is 2.92. The van der Waals surface area contributed by atoms with Gasteiger partial charge in [0, 0.05) is 17.7 Å². The summed E-state index contributed by atoms with van der Waals surface area (Å²) in [6.07, 6.45) is 2.53. The molecule has 94 valence electrons. The topological polar surface area (TPSA) is 40.5 Å². The van der Waals surface area contributed by atoms with Gasteiger partial charge in [0.1, 0.15) is 0 Å². The van der Waals surface area contributed by atoms with Gasteiger partial charge < -0.3 is 5.11 Å². The van der Waals surface area contributed by atoms with E-state index in [2.05, 4.69) is 39.2 Å². The van der Waals surface area contributed by atoms with Crippen molar-refractivity contribution in [3.63, 3.8) is 0 Å². The highest BCUT2D eigenvalue weighted by molar-refractivity contribution is 5.85. The molecule has 0 aromatic heterocycles. The summed E-state index contributed by atoms with van der Waals surface area (Å²) >= 11 is 0. The van der Waals surface area contributed by atoms with Gasteiger partial charge in [-0.2, -0.15) is 0 Å². The van der Waals surface area contributed by atoms with Crippen molar-refractivity contribution in [3.8, 4) is 0 Å². The van der Waals surface area contributed by atoms with Gasteiger partial charge in [-0.15, -0.1) is 0 Å². The zero-order valence-electron chi connectivity index (χ0n) is 11.0. The molecule has 0 spiro atoms. The molecule has 0 amide bonds. The highest BCUT2D eigenvalue weighted by atomic mass is 16.4. The van der Waals surface area contributed by atoms with Crippen LogP contribution in [0.4, 0.5) is 0 Å². The molecule has 0 unspecified atom stereocenters. The Balaban J connectivity index is 3.79. The summed E-state index contributed by atoms with van der Waals surface area (Å²) < 4.78 is 0. The van der Waals surface area contributed by atoms with E-state index in [0.717, 1.165) is 19.4 Å². The van der Waals surface area contributed by atoms with Gasteiger partial charge in [-0.1, -0.05) is 6.58 Å². The molecule has 16 heavy (non-hydrogen) atoms. The minimum absolute atomic E-state index is 0.320. The zero-order chi connectivity index (χ0) is 12.7. The minimum Gasteiger partial charge on any atom is -0.478 e. The first-order valence-corrected chi connectivity index (χ1v) is 6.03. The average molecular weight is 227 g/mol. The van der Waals surface area contributed by atoms with Crippen molar-refractivity contribution in [2.75, 3.05) is 6.54 Å². The van der Waals surface area contributed by atoms with E-state index in [9.17, 15) is 4.79 Å². The van der Waals surface area contributed by atoms with Gasteiger partial charge in [0.15, 0.2) is 0 Å². The molecule has 0 aromatic carbocycles. The van der Waals surface area contributed by atoms with Gasteiger partial charge >= 0.3 is 5.97 Å². The van der Waals surface area contributed by atoms with Crippen LogP contribution in [0.15, 0.2) is 12.2 Å². The minimum atomic E-state index is -0.871. The van der Waals surface area contributed by atoms with Crippen molar-refractivity contribution >= 4 is 5.97 Å². The lowest BCUT2D eigenvalue weighted by molar-refractivity contribution is -0.132. The number of carbonyl (C=O) groups is 1. The molecule has 3 nitrogen and oxygen atoms in total. The van der Waals surface area contributed by atoms with Crippen molar-refractivity contribution < 1.29 is 9.90 Å². The molecule has 1 N–H and O–H groups in total. The SMILES string of the molecule is C=C(CCCCN(C(C)C)C(C)C)C(=O)O. The van der Waals surface area contributed by atoms with Gasteiger partial charge in [0.05, 0.1) is 0 Å². The van der Waals surface area contributed by atoms with Gasteiger partial charge in [0.25, 0.3) is 0 Å². The Labute approximate surface area is 99.1 Å². The maximum Gasteiger partial charge on any atom is 0.330 e. The zero-order valence-corrected chi connectivity index (χ0v) is 11.0. The molecule has 0 saturated carbocycles. The first-order chi connectivity index (χ1) is 7.36. The number of unbranched alkanes of at least 4 members (excludes halogenated alkanes) is 1. The lowest BCUT2D eigenvalue weighted by Gasteiger charge is -2.30. The first-order valence-electron chi connectivity index (χ1n) is 6.03. The summed E-state index contributed by atoms with van der Waals surface area (Å²) in [5.74, 6) is -0.871. The van der Waals surface area contributed by atoms with E-state index in [1.165, 1.54) is 0 Å². The summed E-state index contributed by atoms with van der Waals surface area (Å²) in [6, 6.07) is 1.09. The Hall–Kier alpha value is -0.830. The Morgan fingerprint density at radius 2 is 1.69 bits per heavy atom. The molecule has 0 aliphatic heterocycles. The molecule has 0 atom stereocenters. The number of rotatable bonds is 8. The molecule has 0 aliphatic carbocycles. The number of carboxylic acid groups (broad SMARTS) is 1. The van der Waals surface area contributed by atoms with E-state index in [4.69, 9.17) is 5.11 Å². The van der Waals surface area contributed by atoms with E-state index in [-0.39, 0.29) is 0 Å². The van der Waals surface area contributed by atoms with Crippen molar-refractivity contribution in [3.05, 3.63) is 12.2 Å². The number of hydrogen-bond acceptors (Lipinski definition) is 2. The van der Waals surface area contributed by atoms with Crippen LogP contribution >= 0.6 is 0 Å². The van der Waals surface area contributed by atoms with E-state index in [1.54, 1.807) is 0 Å². The van der Waals surface area contributed by atoms with Gasteiger partial charge in [0.2, 0.25) is 0 Å². The molecule has 0 aromatic rings. The van der Waals surface area contributed by atoms with Crippen LogP contribution in [-0.2, 0) is 4.79 Å². The largest absolute Gasteiger partial charge is 0.478 e. The first kappa shape index (κ1) is 15.2. The van der Waals surface area contributed by atoms with Crippen molar-refractivity contribution in [1.29, 1.82) is 0 Å². The Morgan fingerprint density at radius 1 is 1.19 bits per heavy atom. The van der Waals surface area contributed by atoms with E-state index in [1.807, 2.05) is 0 Å². The number of nitrogens with zero attached hydrogens (tertiary/aromatic N) is 1. The maximum atomic E-state index is 10.5. The second-order valence-corrected chi connectivity index (χ2v) is 4.79. The Morgan fingerprint density at radius 3 is 2.06 bits per heavy atom. The second-order valence-electron chi connectivity index (χ2n) is 4.79. The standard InChI is InChI=1S/C13H25NO2/c1-10(2)14(11(3)4)9-7-6-8-12(5)13(15)16/h10-11H,5-9H2,1-4H3,(H,15,16). The molecule has 0 saturated heterocycles. The summed E-state index contributed by atoms with van der Waals surface area (Å²) in [5, 5.41) is 8.66. The van der Waals surface area contributed by atoms with E-state index < -0.39 is 5.97 Å².